The number of hydrogen-bond donors (Lipinski definition) is 2. The molecule has 3 aromatic rings. The van der Waals surface area contributed by atoms with Crippen molar-refractivity contribution in [2.75, 3.05) is 30.4 Å². The monoisotopic (exact) mass is 488 g/mol. The fraction of sp³-hybridized carbons (Fsp3) is 0.174. The van der Waals surface area contributed by atoms with Gasteiger partial charge in [-0.25, -0.2) is 8.42 Å². The Balaban J connectivity index is 1.62. The molecule has 0 saturated carbocycles. The Hall–Kier alpha value is -3.43. The lowest BCUT2D eigenvalue weighted by Crippen LogP contribution is -2.18. The third-order valence-corrected chi connectivity index (χ3v) is 6.61. The zero-order valence-corrected chi connectivity index (χ0v) is 19.4. The molecule has 0 saturated heterocycles. The van der Waals surface area contributed by atoms with Gasteiger partial charge in [-0.05, 0) is 37.3 Å². The van der Waals surface area contributed by atoms with E-state index in [9.17, 15) is 13.2 Å². The molecule has 0 atom stereocenters. The van der Waals surface area contributed by atoms with E-state index in [0.717, 1.165) is 5.56 Å². The molecular weight excluding hydrogens is 468 g/mol. The van der Waals surface area contributed by atoms with E-state index in [2.05, 4.69) is 10.0 Å². The number of methoxy groups -OCH3 is 1. The average Bonchev–Trinajstić information content (AvgIpc) is 2.80. The summed E-state index contributed by atoms with van der Waals surface area (Å²) < 4.78 is 44.8. The van der Waals surface area contributed by atoms with E-state index in [1.165, 1.54) is 25.3 Å². The standard InChI is InChI=1S/C23H21ClN2O6S/c1-14-3-6-16(7-4-14)26-33(28,29)22-11-15(5-8-19(22)30-2)23(27)25-18-13-21-20(12-17(18)24)31-9-10-32-21/h3-8,11-13,26H,9-10H2,1-2H3,(H,25,27). The van der Waals surface area contributed by atoms with Crippen LogP contribution in [0, 0.1) is 6.92 Å². The summed E-state index contributed by atoms with van der Waals surface area (Å²) in [6.07, 6.45) is 0. The minimum Gasteiger partial charge on any atom is -0.495 e. The van der Waals surface area contributed by atoms with E-state index in [1.807, 2.05) is 6.92 Å². The minimum atomic E-state index is -4.04. The fourth-order valence-electron chi connectivity index (χ4n) is 3.21. The normalized spacial score (nSPS) is 12.7. The highest BCUT2D eigenvalue weighted by Gasteiger charge is 2.23. The number of benzene rings is 3. The van der Waals surface area contributed by atoms with Crippen molar-refractivity contribution in [1.82, 2.24) is 0 Å². The van der Waals surface area contributed by atoms with Gasteiger partial charge in [-0.2, -0.15) is 0 Å². The fourth-order valence-corrected chi connectivity index (χ4v) is 4.67. The van der Waals surface area contributed by atoms with E-state index in [4.69, 9.17) is 25.8 Å². The maximum atomic E-state index is 13.0. The number of nitrogens with one attached hydrogen (secondary N) is 2. The van der Waals surface area contributed by atoms with Crippen molar-refractivity contribution in [1.29, 1.82) is 0 Å². The van der Waals surface area contributed by atoms with Gasteiger partial charge in [-0.1, -0.05) is 29.3 Å². The average molecular weight is 489 g/mol. The lowest BCUT2D eigenvalue weighted by atomic mass is 10.2. The maximum Gasteiger partial charge on any atom is 0.265 e. The van der Waals surface area contributed by atoms with Crippen LogP contribution in [0.2, 0.25) is 5.02 Å². The van der Waals surface area contributed by atoms with Gasteiger partial charge in [0.1, 0.15) is 23.9 Å². The van der Waals surface area contributed by atoms with E-state index in [1.54, 1.807) is 36.4 Å². The number of rotatable bonds is 6. The number of halogens is 1. The second kappa shape index (κ2) is 9.21. The van der Waals surface area contributed by atoms with Crippen molar-refractivity contribution in [2.45, 2.75) is 11.8 Å². The van der Waals surface area contributed by atoms with Crippen LogP contribution in [0.4, 0.5) is 11.4 Å². The largest absolute Gasteiger partial charge is 0.495 e. The van der Waals surface area contributed by atoms with Crippen molar-refractivity contribution < 1.29 is 27.4 Å². The van der Waals surface area contributed by atoms with E-state index < -0.39 is 15.9 Å². The number of amides is 1. The Morgan fingerprint density at radius 3 is 2.33 bits per heavy atom. The second-order valence-electron chi connectivity index (χ2n) is 7.27. The van der Waals surface area contributed by atoms with Crippen LogP contribution in [0.5, 0.6) is 17.2 Å². The van der Waals surface area contributed by atoms with E-state index in [0.29, 0.717) is 36.1 Å². The van der Waals surface area contributed by atoms with Gasteiger partial charge in [0.2, 0.25) is 0 Å². The summed E-state index contributed by atoms with van der Waals surface area (Å²) in [7, 11) is -2.68. The second-order valence-corrected chi connectivity index (χ2v) is 9.33. The van der Waals surface area contributed by atoms with E-state index in [-0.39, 0.29) is 21.2 Å². The molecule has 4 rings (SSSR count). The molecule has 0 aromatic heterocycles. The summed E-state index contributed by atoms with van der Waals surface area (Å²) in [5, 5.41) is 2.95. The summed E-state index contributed by atoms with van der Waals surface area (Å²) in [5.74, 6) is 0.497. The van der Waals surface area contributed by atoms with Gasteiger partial charge in [-0.15, -0.1) is 0 Å². The van der Waals surface area contributed by atoms with Crippen molar-refractivity contribution in [3.05, 3.63) is 70.7 Å². The molecule has 3 aromatic carbocycles. The van der Waals surface area contributed by atoms with Gasteiger partial charge in [-0.3, -0.25) is 9.52 Å². The zero-order chi connectivity index (χ0) is 23.6. The molecule has 8 nitrogen and oxygen atoms in total. The number of hydrogen-bond acceptors (Lipinski definition) is 6. The number of ether oxygens (including phenoxy) is 3. The van der Waals surface area contributed by atoms with Crippen LogP contribution in [0.1, 0.15) is 15.9 Å². The lowest BCUT2D eigenvalue weighted by molar-refractivity contribution is 0.102. The van der Waals surface area contributed by atoms with Crippen molar-refractivity contribution in [2.24, 2.45) is 0 Å². The highest BCUT2D eigenvalue weighted by Crippen LogP contribution is 2.38. The molecule has 10 heteroatoms. The third kappa shape index (κ3) is 4.99. The van der Waals surface area contributed by atoms with Crippen LogP contribution in [0.15, 0.2) is 59.5 Å². The summed E-state index contributed by atoms with van der Waals surface area (Å²) in [6.45, 7) is 2.70. The Morgan fingerprint density at radius 2 is 1.67 bits per heavy atom. The van der Waals surface area contributed by atoms with Crippen LogP contribution in [0.25, 0.3) is 0 Å². The maximum absolute atomic E-state index is 13.0. The summed E-state index contributed by atoms with van der Waals surface area (Å²) >= 11 is 6.27. The molecule has 0 bridgehead atoms. The van der Waals surface area contributed by atoms with Gasteiger partial charge in [0.15, 0.2) is 11.5 Å². The SMILES string of the molecule is COc1ccc(C(=O)Nc2cc3c(cc2Cl)OCCO3)cc1S(=O)(=O)Nc1ccc(C)cc1. The highest BCUT2D eigenvalue weighted by molar-refractivity contribution is 7.92. The van der Waals surface area contributed by atoms with E-state index >= 15 is 0 Å². The van der Waals surface area contributed by atoms with Crippen LogP contribution in [-0.2, 0) is 10.0 Å². The number of sulfonamides is 1. The molecule has 1 heterocycles. The number of anilines is 2. The van der Waals surface area contributed by atoms with Crippen LogP contribution < -0.4 is 24.2 Å². The Bertz CT molecular complexity index is 1310. The first-order valence-electron chi connectivity index (χ1n) is 9.95. The molecule has 0 radical (unpaired) electrons. The summed E-state index contributed by atoms with van der Waals surface area (Å²) in [5.41, 5.74) is 1.79. The smallest absolute Gasteiger partial charge is 0.265 e. The Morgan fingerprint density at radius 1 is 1.00 bits per heavy atom. The molecule has 0 unspecified atom stereocenters. The van der Waals surface area contributed by atoms with Gasteiger partial charge in [0.05, 0.1) is 17.8 Å². The van der Waals surface area contributed by atoms with Crippen LogP contribution in [-0.4, -0.2) is 34.6 Å². The van der Waals surface area contributed by atoms with Crippen molar-refractivity contribution in [3.63, 3.8) is 0 Å². The Labute approximate surface area is 196 Å². The highest BCUT2D eigenvalue weighted by atomic mass is 35.5. The van der Waals surface area contributed by atoms with Gasteiger partial charge in [0.25, 0.3) is 15.9 Å². The number of fused-ring (bicyclic) bond motifs is 1. The number of aryl methyl sites for hydroxylation is 1. The quantitative estimate of drug-likeness (QED) is 0.530. The first-order chi connectivity index (χ1) is 15.8. The lowest BCUT2D eigenvalue weighted by Gasteiger charge is -2.20. The molecule has 0 spiro atoms. The molecule has 0 fully saturated rings. The molecular formula is C23H21ClN2O6S. The minimum absolute atomic E-state index is 0.100. The van der Waals surface area contributed by atoms with Crippen molar-refractivity contribution in [3.8, 4) is 17.2 Å². The third-order valence-electron chi connectivity index (χ3n) is 4.90. The topological polar surface area (TPSA) is 103 Å². The molecule has 1 aliphatic rings. The van der Waals surface area contributed by atoms with Gasteiger partial charge >= 0.3 is 0 Å². The summed E-state index contributed by atoms with van der Waals surface area (Å²) in [6, 6.07) is 14.1. The first-order valence-corrected chi connectivity index (χ1v) is 11.8. The molecule has 2 N–H and O–H groups in total. The van der Waals surface area contributed by atoms with Crippen LogP contribution >= 0.6 is 11.6 Å². The summed E-state index contributed by atoms with van der Waals surface area (Å²) in [4.78, 5) is 12.7. The molecule has 0 aliphatic carbocycles. The Kier molecular flexibility index (Phi) is 6.35. The first kappa shape index (κ1) is 22.8. The predicted molar refractivity (Wildman–Crippen MR) is 125 cm³/mol. The predicted octanol–water partition coefficient (Wildman–Crippen LogP) is 4.48. The molecule has 1 amide bonds. The van der Waals surface area contributed by atoms with Crippen LogP contribution in [0.3, 0.4) is 0 Å². The van der Waals surface area contributed by atoms with Crippen molar-refractivity contribution >= 4 is 38.9 Å². The molecule has 33 heavy (non-hydrogen) atoms. The zero-order valence-electron chi connectivity index (χ0n) is 17.8. The number of carbonyl (C=O) groups excluding carboxylic acids is 1. The van der Waals surface area contributed by atoms with Gasteiger partial charge < -0.3 is 19.5 Å². The number of carbonyl (C=O) groups is 1. The van der Waals surface area contributed by atoms with Gasteiger partial charge in [0, 0.05) is 23.4 Å². The molecule has 1 aliphatic heterocycles. The molecule has 172 valence electrons.